The van der Waals surface area contributed by atoms with E-state index in [2.05, 4.69) is 49.1 Å². The summed E-state index contributed by atoms with van der Waals surface area (Å²) in [5.74, 6) is 0.812. The Bertz CT molecular complexity index is 525. The van der Waals surface area contributed by atoms with Gasteiger partial charge in [-0.1, -0.05) is 38.8 Å². The van der Waals surface area contributed by atoms with Gasteiger partial charge in [0.2, 0.25) is 0 Å². The van der Waals surface area contributed by atoms with Crippen LogP contribution in [0.5, 0.6) is 0 Å². The van der Waals surface area contributed by atoms with Gasteiger partial charge in [-0.3, -0.25) is 0 Å². The van der Waals surface area contributed by atoms with Crippen molar-refractivity contribution in [2.24, 2.45) is 0 Å². The molecular formula is C13H14Br2N2O. The first-order chi connectivity index (χ1) is 8.72. The van der Waals surface area contributed by atoms with E-state index in [-0.39, 0.29) is 0 Å². The Labute approximate surface area is 123 Å². The summed E-state index contributed by atoms with van der Waals surface area (Å²) in [6.45, 7) is 3.84. The molecule has 2 aromatic rings. The topological polar surface area (TPSA) is 38.1 Å². The summed E-state index contributed by atoms with van der Waals surface area (Å²) in [7, 11) is 0. The average molecular weight is 374 g/mol. The van der Waals surface area contributed by atoms with Crippen molar-refractivity contribution >= 4 is 31.9 Å². The number of nitrogens with zero attached hydrogens (tertiary/aromatic N) is 1. The maximum absolute atomic E-state index is 5.52. The molecule has 96 valence electrons. The third-order valence-corrected chi connectivity index (χ3v) is 3.72. The second kappa shape index (κ2) is 6.50. The number of rotatable bonds is 5. The van der Waals surface area contributed by atoms with Crippen LogP contribution in [0.15, 0.2) is 38.0 Å². The molecule has 5 heteroatoms. The molecule has 0 radical (unpaired) electrons. The molecule has 0 amide bonds. The number of nitrogens with one attached hydrogen (secondary N) is 1. The van der Waals surface area contributed by atoms with Crippen LogP contribution in [0, 0.1) is 0 Å². The van der Waals surface area contributed by atoms with E-state index < -0.39 is 0 Å². The molecule has 0 aliphatic heterocycles. The van der Waals surface area contributed by atoms with Crippen molar-refractivity contribution in [3.63, 3.8) is 0 Å². The van der Waals surface area contributed by atoms with Crippen LogP contribution in [0.4, 0.5) is 0 Å². The van der Waals surface area contributed by atoms with Gasteiger partial charge in [-0.05, 0) is 31.2 Å². The van der Waals surface area contributed by atoms with Gasteiger partial charge in [0.15, 0.2) is 12.2 Å². The van der Waals surface area contributed by atoms with Crippen LogP contribution in [0.3, 0.4) is 0 Å². The van der Waals surface area contributed by atoms with Gasteiger partial charge in [-0.15, -0.1) is 0 Å². The highest BCUT2D eigenvalue weighted by molar-refractivity contribution is 9.11. The summed E-state index contributed by atoms with van der Waals surface area (Å²) in [6.07, 6.45) is 2.60. The fraction of sp³-hybridized carbons (Fsp3) is 0.308. The largest absolute Gasteiger partial charge is 0.443 e. The third-order valence-electron chi connectivity index (χ3n) is 2.53. The van der Waals surface area contributed by atoms with Crippen LogP contribution < -0.4 is 5.32 Å². The van der Waals surface area contributed by atoms with Crippen molar-refractivity contribution < 1.29 is 4.42 Å². The first kappa shape index (κ1) is 13.8. The van der Waals surface area contributed by atoms with Crippen LogP contribution in [0.25, 0.3) is 11.3 Å². The van der Waals surface area contributed by atoms with Crippen LogP contribution in [0.1, 0.15) is 19.0 Å². The molecule has 0 unspecified atom stereocenters. The van der Waals surface area contributed by atoms with E-state index in [4.69, 9.17) is 4.42 Å². The van der Waals surface area contributed by atoms with E-state index in [9.17, 15) is 0 Å². The number of benzene rings is 1. The molecule has 0 spiro atoms. The number of hydrogen-bond donors (Lipinski definition) is 1. The highest BCUT2D eigenvalue weighted by atomic mass is 79.9. The van der Waals surface area contributed by atoms with Crippen LogP contribution in [0.2, 0.25) is 0 Å². The minimum absolute atomic E-state index is 0.721. The SMILES string of the molecule is CCCNCc1ncoc1-c1cc(Br)ccc1Br. The third kappa shape index (κ3) is 3.22. The average Bonchev–Trinajstić information content (AvgIpc) is 2.81. The predicted octanol–water partition coefficient (Wildman–Crippen LogP) is 4.37. The minimum Gasteiger partial charge on any atom is -0.443 e. The lowest BCUT2D eigenvalue weighted by Crippen LogP contribution is -2.14. The zero-order chi connectivity index (χ0) is 13.0. The Kier molecular flexibility index (Phi) is 4.97. The molecule has 0 atom stereocenters. The van der Waals surface area contributed by atoms with Crippen molar-refractivity contribution in [2.75, 3.05) is 6.54 Å². The Morgan fingerprint density at radius 3 is 2.94 bits per heavy atom. The van der Waals surface area contributed by atoms with Crippen molar-refractivity contribution in [1.82, 2.24) is 10.3 Å². The van der Waals surface area contributed by atoms with Gasteiger partial charge >= 0.3 is 0 Å². The summed E-state index contributed by atoms with van der Waals surface area (Å²) in [4.78, 5) is 4.27. The van der Waals surface area contributed by atoms with Gasteiger partial charge in [0, 0.05) is 21.1 Å². The molecule has 0 bridgehead atoms. The molecule has 1 heterocycles. The predicted molar refractivity (Wildman–Crippen MR) is 79.3 cm³/mol. The van der Waals surface area contributed by atoms with E-state index >= 15 is 0 Å². The van der Waals surface area contributed by atoms with Gasteiger partial charge in [0.1, 0.15) is 5.69 Å². The monoisotopic (exact) mass is 372 g/mol. The zero-order valence-corrected chi connectivity index (χ0v) is 13.2. The van der Waals surface area contributed by atoms with Gasteiger partial charge in [0.25, 0.3) is 0 Å². The van der Waals surface area contributed by atoms with E-state index in [1.165, 1.54) is 6.39 Å². The van der Waals surface area contributed by atoms with Crippen LogP contribution >= 0.6 is 31.9 Å². The molecule has 2 rings (SSSR count). The molecule has 0 aliphatic carbocycles. The van der Waals surface area contributed by atoms with Gasteiger partial charge in [0.05, 0.1) is 0 Å². The molecule has 0 aliphatic rings. The van der Waals surface area contributed by atoms with E-state index in [1.807, 2.05) is 18.2 Å². The maximum Gasteiger partial charge on any atom is 0.181 e. The Morgan fingerprint density at radius 1 is 1.33 bits per heavy atom. The smallest absolute Gasteiger partial charge is 0.181 e. The number of halogens is 2. The molecule has 1 aromatic carbocycles. The summed E-state index contributed by atoms with van der Waals surface area (Å²) in [5.41, 5.74) is 1.94. The van der Waals surface area contributed by atoms with Crippen LogP contribution in [-0.2, 0) is 6.54 Å². The number of oxazole rings is 1. The maximum atomic E-state index is 5.52. The molecule has 3 nitrogen and oxygen atoms in total. The molecule has 18 heavy (non-hydrogen) atoms. The summed E-state index contributed by atoms with van der Waals surface area (Å²) in [5, 5.41) is 3.33. The Hall–Kier alpha value is -0.650. The fourth-order valence-corrected chi connectivity index (χ4v) is 2.46. The molecule has 0 saturated heterocycles. The summed E-state index contributed by atoms with van der Waals surface area (Å²) >= 11 is 7.01. The second-order valence-electron chi connectivity index (χ2n) is 3.93. The highest BCUT2D eigenvalue weighted by Gasteiger charge is 2.13. The van der Waals surface area contributed by atoms with E-state index in [1.54, 1.807) is 0 Å². The first-order valence-corrected chi connectivity index (χ1v) is 7.39. The second-order valence-corrected chi connectivity index (χ2v) is 5.70. The van der Waals surface area contributed by atoms with Crippen molar-refractivity contribution in [2.45, 2.75) is 19.9 Å². The molecular weight excluding hydrogens is 360 g/mol. The minimum atomic E-state index is 0.721. The van der Waals surface area contributed by atoms with Crippen molar-refractivity contribution in [3.05, 3.63) is 39.2 Å². The van der Waals surface area contributed by atoms with Gasteiger partial charge in [-0.25, -0.2) is 4.98 Å². The molecule has 0 fully saturated rings. The van der Waals surface area contributed by atoms with Crippen molar-refractivity contribution in [3.8, 4) is 11.3 Å². The molecule has 1 N–H and O–H groups in total. The lowest BCUT2D eigenvalue weighted by atomic mass is 10.1. The highest BCUT2D eigenvalue weighted by Crippen LogP contribution is 2.32. The number of aromatic nitrogens is 1. The van der Waals surface area contributed by atoms with E-state index in [0.29, 0.717) is 0 Å². The van der Waals surface area contributed by atoms with E-state index in [0.717, 1.165) is 45.5 Å². The first-order valence-electron chi connectivity index (χ1n) is 5.81. The molecule has 1 aromatic heterocycles. The molecule has 0 saturated carbocycles. The quantitative estimate of drug-likeness (QED) is 0.791. The number of hydrogen-bond acceptors (Lipinski definition) is 3. The fourth-order valence-electron chi connectivity index (χ4n) is 1.67. The lowest BCUT2D eigenvalue weighted by Gasteiger charge is -2.05. The summed E-state index contributed by atoms with van der Waals surface area (Å²) < 4.78 is 7.53. The van der Waals surface area contributed by atoms with Crippen molar-refractivity contribution in [1.29, 1.82) is 0 Å². The zero-order valence-electron chi connectivity index (χ0n) is 10.0. The lowest BCUT2D eigenvalue weighted by molar-refractivity contribution is 0.569. The standard InChI is InChI=1S/C13H14Br2N2O/c1-2-5-16-7-12-13(18-8-17-12)10-6-9(14)3-4-11(10)15/h3-4,6,8,16H,2,5,7H2,1H3. The Balaban J connectivity index is 2.27. The summed E-state index contributed by atoms with van der Waals surface area (Å²) in [6, 6.07) is 6.00. The van der Waals surface area contributed by atoms with Gasteiger partial charge < -0.3 is 9.73 Å². The Morgan fingerprint density at radius 2 is 2.17 bits per heavy atom. The normalized spacial score (nSPS) is 10.8. The van der Waals surface area contributed by atoms with Gasteiger partial charge in [-0.2, -0.15) is 0 Å². The van der Waals surface area contributed by atoms with Crippen LogP contribution in [-0.4, -0.2) is 11.5 Å².